The largest absolute Gasteiger partial charge is 0.481 e. The minimum Gasteiger partial charge on any atom is -0.481 e. The van der Waals surface area contributed by atoms with Gasteiger partial charge in [0.05, 0.1) is 29.9 Å². The average molecular weight is 329 g/mol. The molecule has 0 saturated carbocycles. The highest BCUT2D eigenvalue weighted by molar-refractivity contribution is 7.91. The third kappa shape index (κ3) is 4.27. The predicted octanol–water partition coefficient (Wildman–Crippen LogP) is 0.892. The second-order valence-electron chi connectivity index (χ2n) is 5.31. The summed E-state index contributed by atoms with van der Waals surface area (Å²) in [5, 5.41) is 11.5. The lowest BCUT2D eigenvalue weighted by Gasteiger charge is -2.19. The number of carboxylic acids is 1. The minimum absolute atomic E-state index is 0.0365. The fraction of sp³-hybridized carbons (Fsp3) is 0.429. The fourth-order valence-corrected chi connectivity index (χ4v) is 4.15. The summed E-state index contributed by atoms with van der Waals surface area (Å²) in [6, 6.07) is 4.32. The molecule has 2 atom stereocenters. The van der Waals surface area contributed by atoms with Crippen LogP contribution < -0.4 is 5.32 Å². The van der Waals surface area contributed by atoms with Crippen molar-refractivity contribution in [3.8, 4) is 0 Å². The highest BCUT2D eigenvalue weighted by atomic mass is 32.2. The number of carbonyl (C=O) groups is 2. The van der Waals surface area contributed by atoms with E-state index < -0.39 is 39.5 Å². The van der Waals surface area contributed by atoms with E-state index >= 15 is 0 Å². The van der Waals surface area contributed by atoms with E-state index in [4.69, 9.17) is 5.11 Å². The molecule has 1 aromatic rings. The molecular formula is C14H16FNO5S. The number of benzene rings is 1. The van der Waals surface area contributed by atoms with Gasteiger partial charge in [-0.05, 0) is 24.1 Å². The SMILES string of the molecule is O=C(O)CC(NC(=O)C1CCS(=O)(=O)C1)c1ccc(F)cc1. The van der Waals surface area contributed by atoms with Crippen LogP contribution in [0.5, 0.6) is 0 Å². The molecule has 8 heteroatoms. The van der Waals surface area contributed by atoms with Crippen LogP contribution in [0, 0.1) is 11.7 Å². The summed E-state index contributed by atoms with van der Waals surface area (Å²) >= 11 is 0. The Bertz CT molecular complexity index is 671. The van der Waals surface area contributed by atoms with E-state index in [0.29, 0.717) is 5.56 Å². The Labute approximate surface area is 127 Å². The van der Waals surface area contributed by atoms with Crippen LogP contribution in [0.25, 0.3) is 0 Å². The molecule has 22 heavy (non-hydrogen) atoms. The summed E-state index contributed by atoms with van der Waals surface area (Å²) in [5.74, 6) is -2.99. The Kier molecular flexibility index (Phi) is 4.80. The van der Waals surface area contributed by atoms with Crippen molar-refractivity contribution >= 4 is 21.7 Å². The third-order valence-electron chi connectivity index (χ3n) is 3.57. The van der Waals surface area contributed by atoms with Gasteiger partial charge in [-0.1, -0.05) is 12.1 Å². The molecule has 6 nitrogen and oxygen atoms in total. The highest BCUT2D eigenvalue weighted by Crippen LogP contribution is 2.22. The van der Waals surface area contributed by atoms with Gasteiger partial charge in [0.25, 0.3) is 0 Å². The Hall–Kier alpha value is -1.96. The van der Waals surface area contributed by atoms with Gasteiger partial charge in [-0.2, -0.15) is 0 Å². The van der Waals surface area contributed by atoms with Gasteiger partial charge in [-0.25, -0.2) is 12.8 Å². The smallest absolute Gasteiger partial charge is 0.305 e. The second kappa shape index (κ2) is 6.43. The van der Waals surface area contributed by atoms with E-state index in [1.165, 1.54) is 24.3 Å². The van der Waals surface area contributed by atoms with Crippen LogP contribution in [-0.4, -0.2) is 36.9 Å². The van der Waals surface area contributed by atoms with Gasteiger partial charge in [0.2, 0.25) is 5.91 Å². The van der Waals surface area contributed by atoms with E-state index in [9.17, 15) is 22.4 Å². The number of amides is 1. The number of carbonyl (C=O) groups excluding carboxylic acids is 1. The minimum atomic E-state index is -3.20. The van der Waals surface area contributed by atoms with Crippen molar-refractivity contribution in [3.05, 3.63) is 35.6 Å². The number of hydrogen-bond acceptors (Lipinski definition) is 4. The molecule has 0 aliphatic carbocycles. The zero-order valence-electron chi connectivity index (χ0n) is 11.7. The van der Waals surface area contributed by atoms with Crippen molar-refractivity contribution in [1.29, 1.82) is 0 Å². The maximum atomic E-state index is 12.9. The number of halogens is 1. The molecule has 1 amide bonds. The highest BCUT2D eigenvalue weighted by Gasteiger charge is 2.34. The molecule has 1 saturated heterocycles. The Morgan fingerprint density at radius 3 is 2.45 bits per heavy atom. The molecule has 1 aromatic carbocycles. The fourth-order valence-electron chi connectivity index (χ4n) is 2.41. The molecule has 0 radical (unpaired) electrons. The van der Waals surface area contributed by atoms with Crippen LogP contribution in [0.2, 0.25) is 0 Å². The van der Waals surface area contributed by atoms with Gasteiger partial charge in [-0.3, -0.25) is 9.59 Å². The first-order valence-electron chi connectivity index (χ1n) is 6.75. The topological polar surface area (TPSA) is 101 Å². The maximum absolute atomic E-state index is 12.9. The number of carboxylic acid groups (broad SMARTS) is 1. The second-order valence-corrected chi connectivity index (χ2v) is 7.54. The van der Waals surface area contributed by atoms with Crippen molar-refractivity contribution in [3.63, 3.8) is 0 Å². The van der Waals surface area contributed by atoms with Gasteiger partial charge >= 0.3 is 5.97 Å². The molecule has 0 bridgehead atoms. The summed E-state index contributed by atoms with van der Waals surface area (Å²) in [6.45, 7) is 0. The molecule has 120 valence electrons. The Balaban J connectivity index is 2.11. The van der Waals surface area contributed by atoms with Gasteiger partial charge < -0.3 is 10.4 Å². The molecule has 2 rings (SSSR count). The van der Waals surface area contributed by atoms with E-state index in [1.54, 1.807) is 0 Å². The van der Waals surface area contributed by atoms with Gasteiger partial charge in [0.1, 0.15) is 5.82 Å². The maximum Gasteiger partial charge on any atom is 0.305 e. The lowest BCUT2D eigenvalue weighted by atomic mass is 10.0. The summed E-state index contributed by atoms with van der Waals surface area (Å²) in [7, 11) is -3.20. The normalized spacial score (nSPS) is 21.2. The molecule has 1 fully saturated rings. The van der Waals surface area contributed by atoms with Crippen molar-refractivity contribution < 1.29 is 27.5 Å². The molecule has 1 aliphatic heterocycles. The molecule has 2 unspecified atom stereocenters. The summed E-state index contributed by atoms with van der Waals surface area (Å²) in [6.07, 6.45) is -0.131. The van der Waals surface area contributed by atoms with Gasteiger partial charge in [0, 0.05) is 0 Å². The van der Waals surface area contributed by atoms with Gasteiger partial charge in [-0.15, -0.1) is 0 Å². The van der Waals surface area contributed by atoms with E-state index in [0.717, 1.165) is 0 Å². The number of hydrogen-bond donors (Lipinski definition) is 2. The summed E-state index contributed by atoms with van der Waals surface area (Å²) in [4.78, 5) is 23.1. The standard InChI is InChI=1S/C14H16FNO5S/c15-11-3-1-9(2-4-11)12(7-13(17)18)16-14(19)10-5-6-22(20,21)8-10/h1-4,10,12H,5-8H2,(H,16,19)(H,17,18). The Morgan fingerprint density at radius 1 is 1.32 bits per heavy atom. The van der Waals surface area contributed by atoms with Crippen molar-refractivity contribution in [1.82, 2.24) is 5.32 Å². The van der Waals surface area contributed by atoms with Crippen molar-refractivity contribution in [2.75, 3.05) is 11.5 Å². The number of nitrogens with one attached hydrogen (secondary N) is 1. The first kappa shape index (κ1) is 16.4. The first-order chi connectivity index (χ1) is 10.3. The molecule has 2 N–H and O–H groups in total. The van der Waals surface area contributed by atoms with Crippen molar-refractivity contribution in [2.24, 2.45) is 5.92 Å². The number of rotatable bonds is 5. The molecule has 0 spiro atoms. The van der Waals surface area contributed by atoms with E-state index in [2.05, 4.69) is 5.32 Å². The van der Waals surface area contributed by atoms with Crippen LogP contribution in [0.15, 0.2) is 24.3 Å². The molecule has 0 aromatic heterocycles. The Morgan fingerprint density at radius 2 is 1.95 bits per heavy atom. The van der Waals surface area contributed by atoms with Crippen LogP contribution in [0.3, 0.4) is 0 Å². The zero-order chi connectivity index (χ0) is 16.3. The summed E-state index contributed by atoms with van der Waals surface area (Å²) in [5.41, 5.74) is 0.456. The quantitative estimate of drug-likeness (QED) is 0.835. The van der Waals surface area contributed by atoms with Crippen molar-refractivity contribution in [2.45, 2.75) is 18.9 Å². The van der Waals surface area contributed by atoms with Crippen LogP contribution in [0.4, 0.5) is 4.39 Å². The van der Waals surface area contributed by atoms with E-state index in [1.807, 2.05) is 0 Å². The average Bonchev–Trinajstić information content (AvgIpc) is 2.79. The zero-order valence-corrected chi connectivity index (χ0v) is 12.5. The lowest BCUT2D eigenvalue weighted by molar-refractivity contribution is -0.137. The third-order valence-corrected chi connectivity index (χ3v) is 5.34. The van der Waals surface area contributed by atoms with Crippen LogP contribution >= 0.6 is 0 Å². The molecule has 1 aliphatic rings. The predicted molar refractivity (Wildman–Crippen MR) is 76.3 cm³/mol. The van der Waals surface area contributed by atoms with Gasteiger partial charge in [0.15, 0.2) is 9.84 Å². The first-order valence-corrected chi connectivity index (χ1v) is 8.57. The lowest BCUT2D eigenvalue weighted by Crippen LogP contribution is -2.35. The number of aliphatic carboxylic acids is 1. The van der Waals surface area contributed by atoms with E-state index in [-0.39, 0.29) is 24.3 Å². The molecule has 1 heterocycles. The monoisotopic (exact) mass is 329 g/mol. The molecular weight excluding hydrogens is 313 g/mol. The van der Waals surface area contributed by atoms with Crippen LogP contribution in [0.1, 0.15) is 24.4 Å². The van der Waals surface area contributed by atoms with Crippen LogP contribution in [-0.2, 0) is 19.4 Å². The number of sulfone groups is 1. The summed E-state index contributed by atoms with van der Waals surface area (Å²) < 4.78 is 35.7.